The minimum atomic E-state index is -0.444. The number of ether oxygens (including phenoxy) is 1. The number of amides is 1. The monoisotopic (exact) mass is 252 g/mol. The molecule has 0 bridgehead atoms. The van der Waals surface area contributed by atoms with Crippen molar-refractivity contribution in [2.24, 2.45) is 5.73 Å². The van der Waals surface area contributed by atoms with Crippen molar-refractivity contribution in [3.8, 4) is 0 Å². The molecule has 0 saturated carbocycles. The van der Waals surface area contributed by atoms with Crippen LogP contribution in [0, 0.1) is 0 Å². The number of hydrogen-bond donors (Lipinski definition) is 1. The lowest BCUT2D eigenvalue weighted by atomic mass is 10.3. The molecule has 2 heterocycles. The first-order valence-electron chi connectivity index (χ1n) is 5.85. The van der Waals surface area contributed by atoms with E-state index in [1.807, 2.05) is 0 Å². The van der Waals surface area contributed by atoms with E-state index in [0.717, 1.165) is 18.8 Å². The second-order valence-corrected chi connectivity index (χ2v) is 4.09. The van der Waals surface area contributed by atoms with E-state index in [-0.39, 0.29) is 18.5 Å². The smallest absolute Gasteiger partial charge is 0.268 e. The van der Waals surface area contributed by atoms with Gasteiger partial charge in [-0.05, 0) is 0 Å². The Bertz CT molecular complexity index is 479. The van der Waals surface area contributed by atoms with Crippen LogP contribution in [-0.2, 0) is 16.1 Å². The molecule has 7 nitrogen and oxygen atoms in total. The van der Waals surface area contributed by atoms with E-state index in [4.69, 9.17) is 10.5 Å². The minimum Gasteiger partial charge on any atom is -0.378 e. The minimum absolute atomic E-state index is 0.115. The van der Waals surface area contributed by atoms with Gasteiger partial charge in [-0.15, -0.1) is 0 Å². The molecule has 1 saturated heterocycles. The van der Waals surface area contributed by atoms with Crippen LogP contribution >= 0.6 is 0 Å². The van der Waals surface area contributed by atoms with Crippen LogP contribution in [0.15, 0.2) is 17.1 Å². The Hall–Kier alpha value is -1.89. The third kappa shape index (κ3) is 3.07. The van der Waals surface area contributed by atoms with E-state index in [1.54, 1.807) is 6.20 Å². The first kappa shape index (κ1) is 12.6. The third-order valence-electron chi connectivity index (χ3n) is 2.80. The molecule has 98 valence electrons. The Kier molecular flexibility index (Phi) is 3.93. The average Bonchev–Trinajstić information content (AvgIpc) is 2.38. The van der Waals surface area contributed by atoms with Crippen molar-refractivity contribution in [2.45, 2.75) is 13.0 Å². The highest BCUT2D eigenvalue weighted by molar-refractivity contribution is 5.73. The van der Waals surface area contributed by atoms with Crippen LogP contribution in [-0.4, -0.2) is 42.0 Å². The van der Waals surface area contributed by atoms with Gasteiger partial charge in [0, 0.05) is 25.6 Å². The van der Waals surface area contributed by atoms with E-state index >= 15 is 0 Å². The maximum atomic E-state index is 11.8. The molecule has 0 aliphatic carbocycles. The molecule has 7 heteroatoms. The lowest BCUT2D eigenvalue weighted by Gasteiger charge is -2.28. The summed E-state index contributed by atoms with van der Waals surface area (Å²) in [5.41, 5.74) is 5.60. The highest BCUT2D eigenvalue weighted by Crippen LogP contribution is 2.11. The van der Waals surface area contributed by atoms with E-state index in [2.05, 4.69) is 10.00 Å². The molecule has 1 aliphatic rings. The lowest BCUT2D eigenvalue weighted by Crippen LogP contribution is -2.37. The first-order valence-corrected chi connectivity index (χ1v) is 5.85. The fraction of sp³-hybridized carbons (Fsp3) is 0.545. The predicted octanol–water partition coefficient (Wildman–Crippen LogP) is -1.04. The van der Waals surface area contributed by atoms with Gasteiger partial charge in [0.15, 0.2) is 0 Å². The molecule has 0 radical (unpaired) electrons. The highest BCUT2D eigenvalue weighted by Gasteiger charge is 2.12. The molecular formula is C11H16N4O3. The third-order valence-corrected chi connectivity index (χ3v) is 2.80. The van der Waals surface area contributed by atoms with E-state index in [0.29, 0.717) is 13.2 Å². The summed E-state index contributed by atoms with van der Waals surface area (Å²) < 4.78 is 6.49. The quantitative estimate of drug-likeness (QED) is 0.738. The summed E-state index contributed by atoms with van der Waals surface area (Å²) in [7, 11) is 0. The summed E-state index contributed by atoms with van der Waals surface area (Å²) in [6, 6.07) is 1.53. The molecular weight excluding hydrogens is 236 g/mol. The number of nitrogens with two attached hydrogens (primary N) is 1. The van der Waals surface area contributed by atoms with Crippen molar-refractivity contribution in [1.29, 1.82) is 0 Å². The Morgan fingerprint density at radius 1 is 1.44 bits per heavy atom. The summed E-state index contributed by atoms with van der Waals surface area (Å²) in [5, 5.41) is 4.04. The Balaban J connectivity index is 2.09. The number of nitrogens with zero attached hydrogens (tertiary/aromatic N) is 3. The topological polar surface area (TPSA) is 90.5 Å². The number of anilines is 1. The SMILES string of the molecule is NC(=O)CCn1ncc(N2CCOCC2)cc1=O. The number of hydrogen-bond acceptors (Lipinski definition) is 5. The molecule has 1 aliphatic heterocycles. The number of carbonyl (C=O) groups excluding carboxylic acids is 1. The van der Waals surface area contributed by atoms with Crippen molar-refractivity contribution >= 4 is 11.6 Å². The van der Waals surface area contributed by atoms with Gasteiger partial charge in [0.05, 0.1) is 31.6 Å². The van der Waals surface area contributed by atoms with Crippen molar-refractivity contribution in [3.63, 3.8) is 0 Å². The van der Waals surface area contributed by atoms with E-state index in [9.17, 15) is 9.59 Å². The van der Waals surface area contributed by atoms with Gasteiger partial charge in [0.2, 0.25) is 5.91 Å². The Morgan fingerprint density at radius 3 is 2.78 bits per heavy atom. The number of aromatic nitrogens is 2. The standard InChI is InChI=1S/C11H16N4O3/c12-10(16)1-2-15-11(17)7-9(8-13-15)14-3-5-18-6-4-14/h7-8H,1-6H2,(H2,12,16). The number of primary amides is 1. The predicted molar refractivity (Wildman–Crippen MR) is 65.3 cm³/mol. The summed E-state index contributed by atoms with van der Waals surface area (Å²) in [6.07, 6.45) is 1.75. The van der Waals surface area contributed by atoms with Gasteiger partial charge in [0.25, 0.3) is 5.56 Å². The van der Waals surface area contributed by atoms with Crippen molar-refractivity contribution in [2.75, 3.05) is 31.2 Å². The van der Waals surface area contributed by atoms with E-state index in [1.165, 1.54) is 10.7 Å². The molecule has 18 heavy (non-hydrogen) atoms. The molecule has 1 fully saturated rings. The van der Waals surface area contributed by atoms with Crippen molar-refractivity contribution in [1.82, 2.24) is 9.78 Å². The largest absolute Gasteiger partial charge is 0.378 e. The molecule has 0 spiro atoms. The van der Waals surface area contributed by atoms with Crippen LogP contribution in [0.4, 0.5) is 5.69 Å². The fourth-order valence-electron chi connectivity index (χ4n) is 1.80. The average molecular weight is 252 g/mol. The molecule has 1 amide bonds. The van der Waals surface area contributed by atoms with Crippen LogP contribution in [0.25, 0.3) is 0 Å². The van der Waals surface area contributed by atoms with E-state index < -0.39 is 5.91 Å². The van der Waals surface area contributed by atoms with Gasteiger partial charge < -0.3 is 15.4 Å². The molecule has 2 N–H and O–H groups in total. The van der Waals surface area contributed by atoms with Crippen LogP contribution in [0.2, 0.25) is 0 Å². The van der Waals surface area contributed by atoms with Gasteiger partial charge in [-0.3, -0.25) is 9.59 Å². The van der Waals surface area contributed by atoms with Gasteiger partial charge in [-0.2, -0.15) is 5.10 Å². The van der Waals surface area contributed by atoms with Gasteiger partial charge >= 0.3 is 0 Å². The molecule has 0 atom stereocenters. The summed E-state index contributed by atoms with van der Waals surface area (Å²) in [5.74, 6) is -0.444. The van der Waals surface area contributed by atoms with Crippen LogP contribution < -0.4 is 16.2 Å². The summed E-state index contributed by atoms with van der Waals surface area (Å²) >= 11 is 0. The Labute approximate surface area is 104 Å². The first-order chi connectivity index (χ1) is 8.66. The van der Waals surface area contributed by atoms with Gasteiger partial charge in [-0.25, -0.2) is 4.68 Å². The molecule has 2 rings (SSSR count). The van der Waals surface area contributed by atoms with Crippen LogP contribution in [0.5, 0.6) is 0 Å². The zero-order valence-corrected chi connectivity index (χ0v) is 10.0. The molecule has 0 unspecified atom stereocenters. The molecule has 1 aromatic rings. The van der Waals surface area contributed by atoms with Gasteiger partial charge in [0.1, 0.15) is 0 Å². The second-order valence-electron chi connectivity index (χ2n) is 4.09. The number of rotatable bonds is 4. The molecule has 1 aromatic heterocycles. The number of aryl methyl sites for hydroxylation is 1. The second kappa shape index (κ2) is 5.63. The van der Waals surface area contributed by atoms with Gasteiger partial charge in [-0.1, -0.05) is 0 Å². The summed E-state index contributed by atoms with van der Waals surface area (Å²) in [6.45, 7) is 3.05. The van der Waals surface area contributed by atoms with Crippen LogP contribution in [0.1, 0.15) is 6.42 Å². The Morgan fingerprint density at radius 2 is 2.17 bits per heavy atom. The normalized spacial score (nSPS) is 15.7. The van der Waals surface area contributed by atoms with Crippen molar-refractivity contribution < 1.29 is 9.53 Å². The lowest BCUT2D eigenvalue weighted by molar-refractivity contribution is -0.118. The highest BCUT2D eigenvalue weighted by atomic mass is 16.5. The zero-order chi connectivity index (χ0) is 13.0. The van der Waals surface area contributed by atoms with Crippen LogP contribution in [0.3, 0.4) is 0 Å². The van der Waals surface area contributed by atoms with Crippen molar-refractivity contribution in [3.05, 3.63) is 22.6 Å². The number of morpholine rings is 1. The summed E-state index contributed by atoms with van der Waals surface area (Å²) in [4.78, 5) is 24.5. The number of carbonyl (C=O) groups is 1. The maximum absolute atomic E-state index is 11.8. The fourth-order valence-corrected chi connectivity index (χ4v) is 1.80. The molecule has 0 aromatic carbocycles. The zero-order valence-electron chi connectivity index (χ0n) is 10.0. The maximum Gasteiger partial charge on any atom is 0.268 e.